The van der Waals surface area contributed by atoms with Crippen LogP contribution in [0.25, 0.3) is 0 Å². The normalized spacial score (nSPS) is 10.8. The minimum absolute atomic E-state index is 0.129. The van der Waals surface area contributed by atoms with Gasteiger partial charge in [0.2, 0.25) is 0 Å². The van der Waals surface area contributed by atoms with Crippen molar-refractivity contribution in [2.45, 2.75) is 19.9 Å². The Morgan fingerprint density at radius 2 is 1.92 bits per heavy atom. The maximum Gasteiger partial charge on any atom is 0.329 e. The van der Waals surface area contributed by atoms with E-state index in [4.69, 9.17) is 11.6 Å². The Labute approximate surface area is 165 Å². The van der Waals surface area contributed by atoms with Crippen LogP contribution >= 0.6 is 27.5 Å². The van der Waals surface area contributed by atoms with Crippen LogP contribution in [0.3, 0.4) is 0 Å². The predicted octanol–water partition coefficient (Wildman–Crippen LogP) is 3.82. The van der Waals surface area contributed by atoms with Gasteiger partial charge in [0, 0.05) is 32.5 Å². The van der Waals surface area contributed by atoms with E-state index in [0.717, 1.165) is 15.8 Å². The molecule has 0 heterocycles. The number of hydrazone groups is 1. The third kappa shape index (κ3) is 6.16. The molecule has 3 N–H and O–H groups in total. The van der Waals surface area contributed by atoms with Gasteiger partial charge in [0.15, 0.2) is 0 Å². The van der Waals surface area contributed by atoms with Crippen LogP contribution in [0.2, 0.25) is 5.02 Å². The molecule has 2 rings (SSSR count). The predicted molar refractivity (Wildman–Crippen MR) is 108 cm³/mol. The molecule has 0 radical (unpaired) electrons. The third-order valence-corrected chi connectivity index (χ3v) is 3.84. The fraction of sp³-hybridized carbons (Fsp3) is 0.167. The Balaban J connectivity index is 2.12. The summed E-state index contributed by atoms with van der Waals surface area (Å²) in [5.41, 5.74) is 4.50. The molecular formula is C18H18BrClN4O2. The van der Waals surface area contributed by atoms with Gasteiger partial charge < -0.3 is 10.6 Å². The van der Waals surface area contributed by atoms with Crippen LogP contribution in [0.5, 0.6) is 0 Å². The average Bonchev–Trinajstić information content (AvgIpc) is 2.56. The first-order chi connectivity index (χ1) is 12.3. The minimum Gasteiger partial charge on any atom is -0.355 e. The lowest BCUT2D eigenvalue weighted by Crippen LogP contribution is -2.41. The fourth-order valence-electron chi connectivity index (χ4n) is 2.01. The quantitative estimate of drug-likeness (QED) is 0.378. The van der Waals surface area contributed by atoms with Gasteiger partial charge >= 0.3 is 11.8 Å². The van der Waals surface area contributed by atoms with Gasteiger partial charge in [-0.15, -0.1) is 0 Å². The number of benzene rings is 2. The second kappa shape index (κ2) is 9.35. The Bertz CT molecular complexity index is 840. The zero-order valence-corrected chi connectivity index (χ0v) is 16.6. The summed E-state index contributed by atoms with van der Waals surface area (Å²) < 4.78 is 0.847. The molecule has 0 spiro atoms. The van der Waals surface area contributed by atoms with Crippen molar-refractivity contribution in [1.82, 2.24) is 10.7 Å². The number of amides is 2. The summed E-state index contributed by atoms with van der Waals surface area (Å²) in [5, 5.41) is 10.2. The first kappa shape index (κ1) is 19.9. The van der Waals surface area contributed by atoms with E-state index >= 15 is 0 Å². The van der Waals surface area contributed by atoms with Gasteiger partial charge in [0.1, 0.15) is 0 Å². The van der Waals surface area contributed by atoms with Gasteiger partial charge in [0.05, 0.1) is 6.21 Å². The number of hydrogen-bond acceptors (Lipinski definition) is 4. The van der Waals surface area contributed by atoms with Gasteiger partial charge in [-0.05, 0) is 50.2 Å². The lowest BCUT2D eigenvalue weighted by atomic mass is 10.2. The van der Waals surface area contributed by atoms with Crippen molar-refractivity contribution >= 4 is 56.9 Å². The van der Waals surface area contributed by atoms with Crippen LogP contribution in [0.15, 0.2) is 52.0 Å². The zero-order chi connectivity index (χ0) is 19.1. The highest BCUT2D eigenvalue weighted by molar-refractivity contribution is 9.10. The van der Waals surface area contributed by atoms with Crippen molar-refractivity contribution < 1.29 is 9.59 Å². The van der Waals surface area contributed by atoms with Gasteiger partial charge in [-0.2, -0.15) is 5.10 Å². The molecule has 136 valence electrons. The molecular weight excluding hydrogens is 420 g/mol. The molecule has 0 saturated heterocycles. The molecule has 0 saturated carbocycles. The lowest BCUT2D eigenvalue weighted by Gasteiger charge is -2.10. The number of nitrogens with one attached hydrogen (secondary N) is 3. The van der Waals surface area contributed by atoms with E-state index in [-0.39, 0.29) is 6.04 Å². The van der Waals surface area contributed by atoms with Crippen LogP contribution in [0, 0.1) is 0 Å². The molecule has 0 aliphatic carbocycles. The van der Waals surface area contributed by atoms with Crippen LogP contribution in [0.1, 0.15) is 19.4 Å². The molecule has 8 heteroatoms. The number of nitrogens with zero attached hydrogens (tertiary/aromatic N) is 1. The number of halogens is 2. The molecule has 2 aromatic carbocycles. The van der Waals surface area contributed by atoms with Crippen LogP contribution < -0.4 is 16.1 Å². The molecule has 6 nitrogen and oxygen atoms in total. The molecule has 0 bridgehead atoms. The monoisotopic (exact) mass is 436 g/mol. The summed E-state index contributed by atoms with van der Waals surface area (Å²) in [6.45, 7) is 3.54. The van der Waals surface area contributed by atoms with Crippen molar-refractivity contribution in [2.75, 3.05) is 5.32 Å². The number of rotatable bonds is 5. The van der Waals surface area contributed by atoms with E-state index in [2.05, 4.69) is 37.1 Å². The summed E-state index contributed by atoms with van der Waals surface area (Å²) in [5.74, 6) is -1.56. The number of carbonyl (C=O) groups is 2. The van der Waals surface area contributed by atoms with E-state index in [1.54, 1.807) is 26.0 Å². The average molecular weight is 438 g/mol. The summed E-state index contributed by atoms with van der Waals surface area (Å²) in [4.78, 5) is 23.2. The Morgan fingerprint density at radius 1 is 1.15 bits per heavy atom. The maximum absolute atomic E-state index is 11.7. The van der Waals surface area contributed by atoms with E-state index in [1.165, 1.54) is 6.21 Å². The van der Waals surface area contributed by atoms with Crippen molar-refractivity contribution in [3.8, 4) is 0 Å². The van der Waals surface area contributed by atoms with E-state index in [1.807, 2.05) is 30.3 Å². The van der Waals surface area contributed by atoms with Gasteiger partial charge in [-0.25, -0.2) is 5.43 Å². The van der Waals surface area contributed by atoms with Crippen LogP contribution in [-0.2, 0) is 9.59 Å². The molecule has 0 aliphatic heterocycles. The molecule has 0 aliphatic rings. The third-order valence-electron chi connectivity index (χ3n) is 3.11. The van der Waals surface area contributed by atoms with E-state index in [9.17, 15) is 9.59 Å². The number of hydrogen-bond donors (Lipinski definition) is 3. The lowest BCUT2D eigenvalue weighted by molar-refractivity contribution is -0.139. The van der Waals surface area contributed by atoms with Crippen molar-refractivity contribution in [2.24, 2.45) is 5.10 Å². The van der Waals surface area contributed by atoms with Crippen LogP contribution in [-0.4, -0.2) is 24.1 Å². The van der Waals surface area contributed by atoms with Crippen LogP contribution in [0.4, 0.5) is 11.4 Å². The first-order valence-electron chi connectivity index (χ1n) is 7.81. The fourth-order valence-corrected chi connectivity index (χ4v) is 2.58. The molecule has 2 aromatic rings. The second-order valence-electron chi connectivity index (χ2n) is 5.69. The maximum atomic E-state index is 11.7. The van der Waals surface area contributed by atoms with E-state index in [0.29, 0.717) is 10.6 Å². The van der Waals surface area contributed by atoms with Gasteiger partial charge in [-0.3, -0.25) is 9.59 Å². The minimum atomic E-state index is -0.825. The van der Waals surface area contributed by atoms with Crippen molar-refractivity contribution in [3.63, 3.8) is 0 Å². The zero-order valence-electron chi connectivity index (χ0n) is 14.2. The van der Waals surface area contributed by atoms with Gasteiger partial charge in [-0.1, -0.05) is 33.6 Å². The standard InChI is InChI=1S/C18H18BrClN4O2/c1-11(2)22-17(25)18(26)24-21-10-12-8-13(19)6-7-16(12)23-15-5-3-4-14(20)9-15/h3-11,23H,1-2H3,(H,22,25)(H,24,26)/b21-10-. The smallest absolute Gasteiger partial charge is 0.329 e. The highest BCUT2D eigenvalue weighted by Crippen LogP contribution is 2.25. The second-order valence-corrected chi connectivity index (χ2v) is 7.05. The first-order valence-corrected chi connectivity index (χ1v) is 8.98. The molecule has 0 aromatic heterocycles. The topological polar surface area (TPSA) is 82.6 Å². The molecule has 2 amide bonds. The van der Waals surface area contributed by atoms with Crippen molar-refractivity contribution in [3.05, 3.63) is 57.5 Å². The molecule has 26 heavy (non-hydrogen) atoms. The van der Waals surface area contributed by atoms with Gasteiger partial charge in [0.25, 0.3) is 0 Å². The Kier molecular flexibility index (Phi) is 7.17. The van der Waals surface area contributed by atoms with Crippen molar-refractivity contribution in [1.29, 1.82) is 0 Å². The highest BCUT2D eigenvalue weighted by Gasteiger charge is 2.13. The summed E-state index contributed by atoms with van der Waals surface area (Å²) in [6.07, 6.45) is 1.46. The number of carbonyl (C=O) groups excluding carboxylic acids is 2. The molecule has 0 unspecified atom stereocenters. The Morgan fingerprint density at radius 3 is 2.62 bits per heavy atom. The Hall–Kier alpha value is -2.38. The molecule has 0 atom stereocenters. The SMILES string of the molecule is CC(C)NC(=O)C(=O)N/N=C\c1cc(Br)ccc1Nc1cccc(Cl)c1. The summed E-state index contributed by atoms with van der Waals surface area (Å²) in [7, 11) is 0. The highest BCUT2D eigenvalue weighted by atomic mass is 79.9. The molecule has 0 fully saturated rings. The number of anilines is 2. The summed E-state index contributed by atoms with van der Waals surface area (Å²) >= 11 is 9.40. The summed E-state index contributed by atoms with van der Waals surface area (Å²) in [6, 6.07) is 12.7. The van der Waals surface area contributed by atoms with E-state index < -0.39 is 11.8 Å². The largest absolute Gasteiger partial charge is 0.355 e.